The van der Waals surface area contributed by atoms with Crippen LogP contribution in [-0.2, 0) is 0 Å². The summed E-state index contributed by atoms with van der Waals surface area (Å²) in [6.45, 7) is 2.13. The standard InChI is InChI=1S/C13H12BrN5S/c1-9(13-6-10(14)7-20-13)16-11-4-2-3-5-12(11)19-8-15-17-18-19/h2-9,16H,1H3. The van der Waals surface area contributed by atoms with Gasteiger partial charge in [0.15, 0.2) is 0 Å². The molecule has 1 unspecified atom stereocenters. The highest BCUT2D eigenvalue weighted by Crippen LogP contribution is 2.29. The number of hydrogen-bond acceptors (Lipinski definition) is 5. The van der Waals surface area contributed by atoms with E-state index in [1.807, 2.05) is 24.3 Å². The highest BCUT2D eigenvalue weighted by Gasteiger charge is 2.11. The van der Waals surface area contributed by atoms with Crippen molar-refractivity contribution in [2.24, 2.45) is 0 Å². The van der Waals surface area contributed by atoms with Crippen LogP contribution >= 0.6 is 27.3 Å². The summed E-state index contributed by atoms with van der Waals surface area (Å²) in [5, 5.41) is 16.9. The monoisotopic (exact) mass is 349 g/mol. The van der Waals surface area contributed by atoms with Crippen molar-refractivity contribution in [2.75, 3.05) is 5.32 Å². The molecule has 0 radical (unpaired) electrons. The van der Waals surface area contributed by atoms with Gasteiger partial charge in [-0.15, -0.1) is 16.4 Å². The van der Waals surface area contributed by atoms with Crippen LogP contribution in [-0.4, -0.2) is 20.2 Å². The zero-order valence-electron chi connectivity index (χ0n) is 10.7. The number of para-hydroxylation sites is 2. The lowest BCUT2D eigenvalue weighted by molar-refractivity contribution is 0.786. The van der Waals surface area contributed by atoms with Crippen LogP contribution < -0.4 is 5.32 Å². The van der Waals surface area contributed by atoms with Crippen molar-refractivity contribution in [1.29, 1.82) is 0 Å². The van der Waals surface area contributed by atoms with Gasteiger partial charge in [-0.3, -0.25) is 0 Å². The van der Waals surface area contributed by atoms with Gasteiger partial charge in [0.1, 0.15) is 6.33 Å². The Balaban J connectivity index is 1.88. The summed E-state index contributed by atoms with van der Waals surface area (Å²) in [4.78, 5) is 1.27. The summed E-state index contributed by atoms with van der Waals surface area (Å²) in [6, 6.07) is 10.3. The van der Waals surface area contributed by atoms with E-state index < -0.39 is 0 Å². The number of halogens is 1. The second kappa shape index (κ2) is 5.72. The third kappa shape index (κ3) is 2.73. The lowest BCUT2D eigenvalue weighted by atomic mass is 10.2. The lowest BCUT2D eigenvalue weighted by Crippen LogP contribution is -2.08. The molecule has 0 saturated carbocycles. The fourth-order valence-corrected chi connectivity index (χ4v) is 3.38. The van der Waals surface area contributed by atoms with E-state index >= 15 is 0 Å². The Bertz CT molecular complexity index is 694. The molecule has 20 heavy (non-hydrogen) atoms. The van der Waals surface area contributed by atoms with Gasteiger partial charge in [0.25, 0.3) is 0 Å². The van der Waals surface area contributed by atoms with Crippen LogP contribution in [0.3, 0.4) is 0 Å². The van der Waals surface area contributed by atoms with Gasteiger partial charge < -0.3 is 5.32 Å². The Hall–Kier alpha value is -1.73. The predicted molar refractivity (Wildman–Crippen MR) is 83.2 cm³/mol. The first-order chi connectivity index (χ1) is 9.74. The largest absolute Gasteiger partial charge is 0.376 e. The topological polar surface area (TPSA) is 55.6 Å². The van der Waals surface area contributed by atoms with Crippen molar-refractivity contribution in [3.05, 3.63) is 51.4 Å². The molecule has 0 aliphatic rings. The van der Waals surface area contributed by atoms with E-state index in [0.717, 1.165) is 15.8 Å². The van der Waals surface area contributed by atoms with E-state index in [-0.39, 0.29) is 6.04 Å². The summed E-state index contributed by atoms with van der Waals surface area (Å²) >= 11 is 5.21. The van der Waals surface area contributed by atoms with Gasteiger partial charge in [0, 0.05) is 14.7 Å². The number of benzene rings is 1. The first-order valence-corrected chi connectivity index (χ1v) is 7.74. The van der Waals surface area contributed by atoms with Gasteiger partial charge in [-0.2, -0.15) is 4.68 Å². The third-order valence-corrected chi connectivity index (χ3v) is 4.76. The van der Waals surface area contributed by atoms with E-state index in [4.69, 9.17) is 0 Å². The van der Waals surface area contributed by atoms with Crippen molar-refractivity contribution in [3.8, 4) is 5.69 Å². The van der Waals surface area contributed by atoms with Gasteiger partial charge in [-0.25, -0.2) is 0 Å². The van der Waals surface area contributed by atoms with Gasteiger partial charge >= 0.3 is 0 Å². The van der Waals surface area contributed by atoms with E-state index in [1.54, 1.807) is 22.3 Å². The average molecular weight is 350 g/mol. The molecule has 5 nitrogen and oxygen atoms in total. The van der Waals surface area contributed by atoms with Crippen LogP contribution in [0.4, 0.5) is 5.69 Å². The zero-order chi connectivity index (χ0) is 13.9. The molecular formula is C13H12BrN5S. The van der Waals surface area contributed by atoms with E-state index in [1.165, 1.54) is 4.88 Å². The fourth-order valence-electron chi connectivity index (χ4n) is 1.93. The Morgan fingerprint density at radius 1 is 1.35 bits per heavy atom. The van der Waals surface area contributed by atoms with Crippen molar-refractivity contribution in [1.82, 2.24) is 20.2 Å². The Labute approximate surface area is 128 Å². The molecule has 0 amide bonds. The molecule has 0 saturated heterocycles. The molecule has 1 atom stereocenters. The summed E-state index contributed by atoms with van der Waals surface area (Å²) < 4.78 is 2.76. The Morgan fingerprint density at radius 2 is 2.20 bits per heavy atom. The highest BCUT2D eigenvalue weighted by atomic mass is 79.9. The minimum absolute atomic E-state index is 0.212. The van der Waals surface area contributed by atoms with Crippen molar-refractivity contribution in [3.63, 3.8) is 0 Å². The quantitative estimate of drug-likeness (QED) is 0.780. The number of nitrogens with zero attached hydrogens (tertiary/aromatic N) is 4. The molecule has 0 fully saturated rings. The Kier molecular flexibility index (Phi) is 3.79. The average Bonchev–Trinajstić information content (AvgIpc) is 3.10. The molecule has 2 heterocycles. The molecule has 0 spiro atoms. The van der Waals surface area contributed by atoms with Crippen LogP contribution in [0.1, 0.15) is 17.8 Å². The maximum Gasteiger partial charge on any atom is 0.143 e. The van der Waals surface area contributed by atoms with Crippen molar-refractivity contribution >= 4 is 33.0 Å². The summed E-state index contributed by atoms with van der Waals surface area (Å²) in [7, 11) is 0. The number of hydrogen-bond donors (Lipinski definition) is 1. The first-order valence-electron chi connectivity index (χ1n) is 6.07. The molecule has 102 valence electrons. The molecular weight excluding hydrogens is 338 g/mol. The van der Waals surface area contributed by atoms with E-state index in [9.17, 15) is 0 Å². The molecule has 0 aliphatic heterocycles. The van der Waals surface area contributed by atoms with Crippen LogP contribution in [0, 0.1) is 0 Å². The zero-order valence-corrected chi connectivity index (χ0v) is 13.1. The summed E-state index contributed by atoms with van der Waals surface area (Å²) in [5.74, 6) is 0. The SMILES string of the molecule is CC(Nc1ccccc1-n1cnnn1)c1cc(Br)cs1. The molecule has 3 aromatic rings. The predicted octanol–water partition coefficient (Wildman–Crippen LogP) is 3.66. The summed E-state index contributed by atoms with van der Waals surface area (Å²) in [5.41, 5.74) is 1.93. The highest BCUT2D eigenvalue weighted by molar-refractivity contribution is 9.10. The minimum Gasteiger partial charge on any atom is -0.376 e. The fraction of sp³-hybridized carbons (Fsp3) is 0.154. The Morgan fingerprint density at radius 3 is 2.90 bits per heavy atom. The van der Waals surface area contributed by atoms with Gasteiger partial charge in [-0.05, 0) is 51.5 Å². The molecule has 2 aromatic heterocycles. The summed E-state index contributed by atoms with van der Waals surface area (Å²) in [6.07, 6.45) is 1.59. The number of rotatable bonds is 4. The maximum atomic E-state index is 3.94. The molecule has 0 bridgehead atoms. The van der Waals surface area contributed by atoms with Crippen molar-refractivity contribution < 1.29 is 0 Å². The van der Waals surface area contributed by atoms with Crippen molar-refractivity contribution in [2.45, 2.75) is 13.0 Å². The van der Waals surface area contributed by atoms with Gasteiger partial charge in [0.05, 0.1) is 17.4 Å². The van der Waals surface area contributed by atoms with Crippen LogP contribution in [0.25, 0.3) is 5.69 Å². The lowest BCUT2D eigenvalue weighted by Gasteiger charge is -2.16. The maximum absolute atomic E-state index is 3.94. The smallest absolute Gasteiger partial charge is 0.143 e. The van der Waals surface area contributed by atoms with Gasteiger partial charge in [-0.1, -0.05) is 12.1 Å². The second-order valence-electron chi connectivity index (χ2n) is 4.30. The van der Waals surface area contributed by atoms with Crippen LogP contribution in [0.15, 0.2) is 46.5 Å². The number of nitrogens with one attached hydrogen (secondary N) is 1. The number of aromatic nitrogens is 4. The molecule has 1 N–H and O–H groups in total. The molecule has 1 aromatic carbocycles. The number of tetrazole rings is 1. The number of anilines is 1. The molecule has 0 aliphatic carbocycles. The first kappa shape index (κ1) is 13.3. The third-order valence-electron chi connectivity index (χ3n) is 2.89. The molecule has 7 heteroatoms. The second-order valence-corrected chi connectivity index (χ2v) is 6.16. The minimum atomic E-state index is 0.212. The normalized spacial score (nSPS) is 12.3. The van der Waals surface area contributed by atoms with E-state index in [0.29, 0.717) is 0 Å². The van der Waals surface area contributed by atoms with E-state index in [2.05, 4.69) is 55.1 Å². The van der Waals surface area contributed by atoms with Crippen LogP contribution in [0.5, 0.6) is 0 Å². The van der Waals surface area contributed by atoms with Gasteiger partial charge in [0.2, 0.25) is 0 Å². The van der Waals surface area contributed by atoms with Crippen LogP contribution in [0.2, 0.25) is 0 Å². The number of thiophene rings is 1. The molecule has 3 rings (SSSR count).